The van der Waals surface area contributed by atoms with Gasteiger partial charge in [0.05, 0.1) is 16.9 Å². The van der Waals surface area contributed by atoms with Crippen LogP contribution in [0.2, 0.25) is 0 Å². The first kappa shape index (κ1) is 34.3. The predicted octanol–water partition coefficient (Wildman–Crippen LogP) is 7.36. The maximum atomic E-state index is 14.5. The number of aromatic nitrogens is 1. The standard InChI is InChI=1S/C41H56N2O6/c1-23(2)25-13-18-41(36(48)49)20-19-38(4)27(33(25)41)11-12-30-37(3)16-15-32(44)40(6,31(37)14-17-39(30,38)5)35(47)43-29(34(45)46)21-24-22-42-28-10-8-7-9-26(24)28/h7-10,22,25,27,29-33,42,44H,1,11-21H2,2-6H3,(H,43,47)(H,45,46)(H,48,49)/t25-,27+,29-,30+,31+,32+,33+,37+,38+,39+,40-,41-/m0/s1. The number of allylic oxidation sites excluding steroid dienone is 1. The third kappa shape index (κ3) is 4.60. The lowest BCUT2D eigenvalue weighted by Gasteiger charge is -2.72. The molecule has 5 aliphatic carbocycles. The van der Waals surface area contributed by atoms with E-state index in [0.29, 0.717) is 24.7 Å². The molecule has 5 fully saturated rings. The van der Waals surface area contributed by atoms with Crippen LogP contribution in [-0.2, 0) is 20.8 Å². The predicted molar refractivity (Wildman–Crippen MR) is 189 cm³/mol. The average molecular weight is 673 g/mol. The number of aliphatic carboxylic acids is 2. The summed E-state index contributed by atoms with van der Waals surface area (Å²) in [6.07, 6.45) is 9.26. The summed E-state index contributed by atoms with van der Waals surface area (Å²) in [5, 5.41) is 36.5. The number of para-hydroxylation sites is 1. The van der Waals surface area contributed by atoms with Crippen LogP contribution in [0.15, 0.2) is 42.6 Å². The number of rotatable bonds is 7. The molecule has 266 valence electrons. The quantitative estimate of drug-likeness (QED) is 0.195. The Morgan fingerprint density at radius 2 is 1.65 bits per heavy atom. The highest BCUT2D eigenvalue weighted by atomic mass is 16.4. The Bertz CT molecular complexity index is 1700. The third-order valence-electron chi connectivity index (χ3n) is 16.3. The molecule has 5 aliphatic rings. The summed E-state index contributed by atoms with van der Waals surface area (Å²) in [6, 6.07) is 6.61. The van der Waals surface area contributed by atoms with E-state index in [4.69, 9.17) is 0 Å². The maximum absolute atomic E-state index is 14.5. The minimum atomic E-state index is -1.14. The number of nitrogens with one attached hydrogen (secondary N) is 2. The number of amides is 1. The Kier molecular flexibility index (Phi) is 8.02. The first-order chi connectivity index (χ1) is 23.0. The summed E-state index contributed by atoms with van der Waals surface area (Å²) >= 11 is 0. The highest BCUT2D eigenvalue weighted by Gasteiger charge is 2.73. The van der Waals surface area contributed by atoms with Crippen LogP contribution >= 0.6 is 0 Å². The van der Waals surface area contributed by atoms with Gasteiger partial charge in [-0.1, -0.05) is 51.1 Å². The molecule has 0 unspecified atom stereocenters. The number of aliphatic hydroxyl groups excluding tert-OH is 1. The van der Waals surface area contributed by atoms with E-state index in [-0.39, 0.29) is 46.3 Å². The first-order valence-electron chi connectivity index (χ1n) is 18.7. The Balaban J connectivity index is 1.18. The van der Waals surface area contributed by atoms with Crippen molar-refractivity contribution in [2.45, 2.75) is 117 Å². The van der Waals surface area contributed by atoms with Crippen molar-refractivity contribution in [3.05, 3.63) is 48.2 Å². The number of carbonyl (C=O) groups is 3. The highest BCUT2D eigenvalue weighted by Crippen LogP contribution is 2.77. The van der Waals surface area contributed by atoms with Crippen molar-refractivity contribution >= 4 is 28.7 Å². The van der Waals surface area contributed by atoms with Gasteiger partial charge in [0, 0.05) is 23.5 Å². The zero-order valence-corrected chi connectivity index (χ0v) is 30.0. The highest BCUT2D eigenvalue weighted by molar-refractivity contribution is 5.89. The first-order valence-corrected chi connectivity index (χ1v) is 18.7. The van der Waals surface area contributed by atoms with E-state index in [0.717, 1.165) is 73.4 Å². The van der Waals surface area contributed by atoms with Crippen LogP contribution in [0.1, 0.15) is 104 Å². The van der Waals surface area contributed by atoms with Gasteiger partial charge in [0.1, 0.15) is 6.04 Å². The summed E-state index contributed by atoms with van der Waals surface area (Å²) in [7, 11) is 0. The normalized spacial score (nSPS) is 43.4. The number of aliphatic hydroxyl groups is 1. The molecule has 2 aromatic rings. The molecular weight excluding hydrogens is 616 g/mol. The van der Waals surface area contributed by atoms with Gasteiger partial charge in [-0.25, -0.2) is 4.79 Å². The van der Waals surface area contributed by atoms with E-state index in [1.54, 1.807) is 0 Å². The van der Waals surface area contributed by atoms with Gasteiger partial charge in [0.15, 0.2) is 0 Å². The molecule has 1 aromatic carbocycles. The second-order valence-electron chi connectivity index (χ2n) is 17.9. The van der Waals surface area contributed by atoms with Gasteiger partial charge < -0.3 is 25.6 Å². The van der Waals surface area contributed by atoms with Crippen molar-refractivity contribution in [2.75, 3.05) is 0 Å². The number of hydrogen-bond acceptors (Lipinski definition) is 4. The fraction of sp³-hybridized carbons (Fsp3) is 0.683. The van der Waals surface area contributed by atoms with Gasteiger partial charge in [0.25, 0.3) is 0 Å². The average Bonchev–Trinajstić information content (AvgIpc) is 3.66. The Morgan fingerprint density at radius 1 is 0.918 bits per heavy atom. The van der Waals surface area contributed by atoms with Crippen LogP contribution in [0.25, 0.3) is 10.9 Å². The summed E-state index contributed by atoms with van der Waals surface area (Å²) in [6.45, 7) is 15.6. The lowest BCUT2D eigenvalue weighted by atomic mass is 9.32. The number of H-pyrrole nitrogens is 1. The van der Waals surface area contributed by atoms with E-state index >= 15 is 0 Å². The molecule has 8 heteroatoms. The summed E-state index contributed by atoms with van der Waals surface area (Å²) in [4.78, 5) is 43.3. The van der Waals surface area contributed by atoms with Crippen LogP contribution in [0.5, 0.6) is 0 Å². The summed E-state index contributed by atoms with van der Waals surface area (Å²) in [5.74, 6) is -1.26. The molecule has 49 heavy (non-hydrogen) atoms. The molecular formula is C41H56N2O6. The van der Waals surface area contributed by atoms with Crippen molar-refractivity contribution in [3.8, 4) is 0 Å². The summed E-state index contributed by atoms with van der Waals surface area (Å²) < 4.78 is 0. The fourth-order valence-electron chi connectivity index (χ4n) is 13.5. The van der Waals surface area contributed by atoms with Crippen molar-refractivity contribution in [3.63, 3.8) is 0 Å². The molecule has 8 nitrogen and oxygen atoms in total. The molecule has 0 bridgehead atoms. The van der Waals surface area contributed by atoms with Gasteiger partial charge in [0.2, 0.25) is 5.91 Å². The number of benzene rings is 1. The molecule has 1 amide bonds. The lowest BCUT2D eigenvalue weighted by molar-refractivity contribution is -0.248. The van der Waals surface area contributed by atoms with Crippen molar-refractivity contribution in [1.29, 1.82) is 0 Å². The zero-order chi connectivity index (χ0) is 35.3. The molecule has 1 aromatic heterocycles. The van der Waals surface area contributed by atoms with E-state index < -0.39 is 34.9 Å². The number of carbonyl (C=O) groups excluding carboxylic acids is 1. The van der Waals surface area contributed by atoms with Crippen LogP contribution in [0.4, 0.5) is 0 Å². The zero-order valence-electron chi connectivity index (χ0n) is 30.0. The van der Waals surface area contributed by atoms with E-state index in [1.165, 1.54) is 0 Å². The molecule has 0 spiro atoms. The Hall–Kier alpha value is -3.13. The lowest BCUT2D eigenvalue weighted by Crippen LogP contribution is -2.69. The third-order valence-corrected chi connectivity index (χ3v) is 16.3. The second kappa shape index (κ2) is 11.4. The number of fused-ring (bicyclic) bond motifs is 8. The number of aromatic amines is 1. The molecule has 0 saturated heterocycles. The Labute approximate surface area is 290 Å². The topological polar surface area (TPSA) is 140 Å². The van der Waals surface area contributed by atoms with Gasteiger partial charge in [-0.05, 0) is 136 Å². The van der Waals surface area contributed by atoms with Crippen molar-refractivity contribution in [2.24, 2.45) is 56.7 Å². The molecule has 12 atom stereocenters. The smallest absolute Gasteiger partial charge is 0.326 e. The molecule has 5 saturated carbocycles. The number of carboxylic acids is 2. The number of hydrogen-bond donors (Lipinski definition) is 5. The van der Waals surface area contributed by atoms with Crippen molar-refractivity contribution in [1.82, 2.24) is 10.3 Å². The van der Waals surface area contributed by atoms with Crippen molar-refractivity contribution < 1.29 is 29.7 Å². The molecule has 1 heterocycles. The van der Waals surface area contributed by atoms with E-state index in [2.05, 4.69) is 44.6 Å². The molecule has 7 rings (SSSR count). The van der Waals surface area contributed by atoms with Gasteiger partial charge >= 0.3 is 11.9 Å². The van der Waals surface area contributed by atoms with Crippen LogP contribution in [0.3, 0.4) is 0 Å². The minimum absolute atomic E-state index is 0.0476. The van der Waals surface area contributed by atoms with Gasteiger partial charge in [-0.2, -0.15) is 0 Å². The monoisotopic (exact) mass is 672 g/mol. The molecule has 0 aliphatic heterocycles. The SMILES string of the molecule is C=C(C)[C@@H]1CC[C@]2(C(=O)O)CC[C@]3(C)[C@H](CC[C@@H]4[C@@]5(C)CC[C@@H](O)[C@@](C)(C(=O)N[C@@H](Cc6c[nH]c7ccccc67)C(=O)O)[C@@H]5CC[C@]43C)[C@@H]12. The largest absolute Gasteiger partial charge is 0.481 e. The van der Waals surface area contributed by atoms with E-state index in [1.807, 2.05) is 37.4 Å². The van der Waals surface area contributed by atoms with Crippen LogP contribution < -0.4 is 5.32 Å². The van der Waals surface area contributed by atoms with Crippen LogP contribution in [0, 0.1) is 56.7 Å². The van der Waals surface area contributed by atoms with Gasteiger partial charge in [-0.15, -0.1) is 0 Å². The molecule has 5 N–H and O–H groups in total. The number of carboxylic acid groups (broad SMARTS) is 2. The second-order valence-corrected chi connectivity index (χ2v) is 17.9. The summed E-state index contributed by atoms with van der Waals surface area (Å²) in [5.41, 5.74) is 0.734. The maximum Gasteiger partial charge on any atom is 0.326 e. The van der Waals surface area contributed by atoms with Crippen LogP contribution in [-0.4, -0.2) is 50.3 Å². The fourth-order valence-corrected chi connectivity index (χ4v) is 13.5. The van der Waals surface area contributed by atoms with E-state index in [9.17, 15) is 29.7 Å². The minimum Gasteiger partial charge on any atom is -0.481 e. The molecule has 0 radical (unpaired) electrons. The van der Waals surface area contributed by atoms with Gasteiger partial charge in [-0.3, -0.25) is 9.59 Å². The Morgan fingerprint density at radius 3 is 2.35 bits per heavy atom.